The molecule has 0 fully saturated rings. The Morgan fingerprint density at radius 3 is 2.60 bits per heavy atom. The van der Waals surface area contributed by atoms with Crippen LogP contribution in [0.2, 0.25) is 0 Å². The molecular weight excluding hydrogens is 341 g/mol. The third-order valence-electron chi connectivity index (χ3n) is 3.61. The van der Waals surface area contributed by atoms with Gasteiger partial charge in [-0.05, 0) is 6.07 Å². The Kier molecular flexibility index (Phi) is 5.68. The van der Waals surface area contributed by atoms with Gasteiger partial charge in [0, 0.05) is 30.8 Å². The summed E-state index contributed by atoms with van der Waals surface area (Å²) in [7, 11) is 1.52. The van der Waals surface area contributed by atoms with Gasteiger partial charge in [0.2, 0.25) is 0 Å². The smallest absolute Gasteiger partial charge is 0.391 e. The van der Waals surface area contributed by atoms with E-state index in [9.17, 15) is 22.8 Å². The number of nitrogens with one attached hydrogen (secondary N) is 1. The molecule has 2 aromatic rings. The number of methoxy groups -OCH3 is 1. The maximum atomic E-state index is 12.5. The fourth-order valence-corrected chi connectivity index (χ4v) is 2.47. The molecule has 1 atom stereocenters. The van der Waals surface area contributed by atoms with Crippen molar-refractivity contribution in [2.24, 2.45) is 0 Å². The van der Waals surface area contributed by atoms with Crippen molar-refractivity contribution >= 4 is 22.8 Å². The Morgan fingerprint density at radius 2 is 2.00 bits per heavy atom. The fourth-order valence-electron chi connectivity index (χ4n) is 2.47. The molecule has 0 radical (unpaired) electrons. The molecular formula is C16H17F3N2O4. The molecule has 0 saturated heterocycles. The molecule has 136 valence electrons. The number of fused-ring (bicyclic) bond motifs is 1. The van der Waals surface area contributed by atoms with Crippen LogP contribution in [0.15, 0.2) is 30.5 Å². The lowest BCUT2D eigenvalue weighted by Gasteiger charge is -2.16. The van der Waals surface area contributed by atoms with E-state index in [0.717, 1.165) is 0 Å². The van der Waals surface area contributed by atoms with Crippen LogP contribution in [0.25, 0.3) is 10.9 Å². The number of carboxylic acids is 1. The number of hydrogen-bond acceptors (Lipinski definition) is 3. The Hall–Kier alpha value is -2.55. The zero-order valence-corrected chi connectivity index (χ0v) is 13.3. The van der Waals surface area contributed by atoms with Gasteiger partial charge >= 0.3 is 12.1 Å². The minimum Gasteiger partial charge on any atom is -0.480 e. The van der Waals surface area contributed by atoms with Gasteiger partial charge in [0.25, 0.3) is 5.91 Å². The van der Waals surface area contributed by atoms with E-state index in [1.165, 1.54) is 13.3 Å². The Labute approximate surface area is 141 Å². The quantitative estimate of drug-likeness (QED) is 0.797. The highest BCUT2D eigenvalue weighted by atomic mass is 19.4. The average Bonchev–Trinajstić information content (AvgIpc) is 2.90. The number of benzene rings is 1. The summed E-state index contributed by atoms with van der Waals surface area (Å²) in [5.74, 6) is -2.61. The maximum absolute atomic E-state index is 12.5. The van der Waals surface area contributed by atoms with Crippen LogP contribution in [0, 0.1) is 0 Å². The number of nitrogens with zero attached hydrogens (tertiary/aromatic N) is 1. The van der Waals surface area contributed by atoms with Gasteiger partial charge in [0.05, 0.1) is 18.6 Å². The van der Waals surface area contributed by atoms with Crippen LogP contribution in [0.4, 0.5) is 13.2 Å². The zero-order valence-electron chi connectivity index (χ0n) is 13.3. The van der Waals surface area contributed by atoms with Crippen LogP contribution in [0.3, 0.4) is 0 Å². The summed E-state index contributed by atoms with van der Waals surface area (Å²) in [6.07, 6.45) is -4.87. The van der Waals surface area contributed by atoms with Gasteiger partial charge < -0.3 is 19.7 Å². The highest BCUT2D eigenvalue weighted by Crippen LogP contribution is 2.24. The summed E-state index contributed by atoms with van der Waals surface area (Å²) in [6, 6.07) is 4.80. The number of halogens is 3. The number of amides is 1. The number of aliphatic carboxylic acids is 1. The third-order valence-corrected chi connectivity index (χ3v) is 3.61. The monoisotopic (exact) mass is 358 g/mol. The summed E-state index contributed by atoms with van der Waals surface area (Å²) >= 11 is 0. The molecule has 2 N–H and O–H groups in total. The van der Waals surface area contributed by atoms with Crippen molar-refractivity contribution in [3.63, 3.8) is 0 Å². The van der Waals surface area contributed by atoms with E-state index < -0.39 is 30.5 Å². The first kappa shape index (κ1) is 18.8. The molecule has 9 heteroatoms. The Morgan fingerprint density at radius 1 is 1.32 bits per heavy atom. The molecule has 0 aliphatic carbocycles. The first-order valence-electron chi connectivity index (χ1n) is 7.40. The minimum atomic E-state index is -4.71. The van der Waals surface area contributed by atoms with Crippen LogP contribution >= 0.6 is 0 Å². The number of carbonyl (C=O) groups excluding carboxylic acids is 1. The standard InChI is InChI=1S/C16H17F3N2O4/c1-25-7-6-21-9-11(10-4-2-3-5-13(10)21)14(22)20-12(15(23)24)8-16(17,18)19/h2-5,9,12H,6-8H2,1H3,(H,20,22)(H,23,24). The fraction of sp³-hybridized carbons (Fsp3) is 0.375. The first-order chi connectivity index (χ1) is 11.7. The van der Waals surface area contributed by atoms with Crippen molar-refractivity contribution in [3.8, 4) is 0 Å². The SMILES string of the molecule is COCCn1cc(C(=O)NC(CC(F)(F)F)C(=O)O)c2ccccc21. The van der Waals surface area contributed by atoms with Gasteiger partial charge in [-0.3, -0.25) is 4.79 Å². The lowest BCUT2D eigenvalue weighted by Crippen LogP contribution is -2.43. The van der Waals surface area contributed by atoms with Crippen molar-refractivity contribution in [1.82, 2.24) is 9.88 Å². The summed E-state index contributed by atoms with van der Waals surface area (Å²) in [5.41, 5.74) is 0.813. The normalized spacial score (nSPS) is 13.0. The number of hydrogen-bond donors (Lipinski definition) is 2. The van der Waals surface area contributed by atoms with E-state index in [-0.39, 0.29) is 5.56 Å². The average molecular weight is 358 g/mol. The van der Waals surface area contributed by atoms with Crippen LogP contribution in [-0.4, -0.2) is 47.5 Å². The Balaban J connectivity index is 2.30. The van der Waals surface area contributed by atoms with E-state index in [4.69, 9.17) is 9.84 Å². The number of carbonyl (C=O) groups is 2. The third kappa shape index (κ3) is 4.72. The second kappa shape index (κ2) is 7.56. The van der Waals surface area contributed by atoms with Crippen molar-refractivity contribution in [1.29, 1.82) is 0 Å². The minimum absolute atomic E-state index is 0.111. The molecule has 2 rings (SSSR count). The summed E-state index contributed by atoms with van der Waals surface area (Å²) in [6.45, 7) is 0.820. The first-order valence-corrected chi connectivity index (χ1v) is 7.40. The number of rotatable bonds is 7. The lowest BCUT2D eigenvalue weighted by molar-refractivity contribution is -0.157. The van der Waals surface area contributed by atoms with E-state index in [1.807, 2.05) is 5.32 Å². The van der Waals surface area contributed by atoms with E-state index in [0.29, 0.717) is 24.1 Å². The summed E-state index contributed by atoms with van der Waals surface area (Å²) < 4.78 is 44.2. The zero-order chi connectivity index (χ0) is 18.6. The van der Waals surface area contributed by atoms with E-state index in [1.54, 1.807) is 28.8 Å². The van der Waals surface area contributed by atoms with Crippen LogP contribution in [0.5, 0.6) is 0 Å². The molecule has 1 aromatic carbocycles. The molecule has 0 spiro atoms. The molecule has 0 aliphatic rings. The van der Waals surface area contributed by atoms with Crippen molar-refractivity contribution in [2.75, 3.05) is 13.7 Å². The molecule has 25 heavy (non-hydrogen) atoms. The molecule has 1 amide bonds. The predicted octanol–water partition coefficient (Wildman–Crippen LogP) is 2.42. The van der Waals surface area contributed by atoms with Crippen LogP contribution in [0.1, 0.15) is 16.8 Å². The number of alkyl halides is 3. The number of ether oxygens (including phenoxy) is 1. The van der Waals surface area contributed by atoms with Crippen molar-refractivity contribution in [2.45, 2.75) is 25.2 Å². The molecule has 1 heterocycles. The van der Waals surface area contributed by atoms with Gasteiger partial charge in [0.15, 0.2) is 0 Å². The molecule has 0 saturated carbocycles. The van der Waals surface area contributed by atoms with Crippen molar-refractivity contribution < 1.29 is 32.6 Å². The number of carboxylic acid groups (broad SMARTS) is 1. The molecule has 0 aliphatic heterocycles. The highest BCUT2D eigenvalue weighted by molar-refractivity contribution is 6.07. The number of aromatic nitrogens is 1. The highest BCUT2D eigenvalue weighted by Gasteiger charge is 2.36. The number of para-hydroxylation sites is 1. The van der Waals surface area contributed by atoms with Crippen LogP contribution < -0.4 is 5.32 Å². The lowest BCUT2D eigenvalue weighted by atomic mass is 10.1. The van der Waals surface area contributed by atoms with Crippen LogP contribution in [-0.2, 0) is 16.1 Å². The Bertz CT molecular complexity index is 770. The second-order valence-electron chi connectivity index (χ2n) is 5.43. The van der Waals surface area contributed by atoms with Crippen molar-refractivity contribution in [3.05, 3.63) is 36.0 Å². The summed E-state index contributed by atoms with van der Waals surface area (Å²) in [4.78, 5) is 23.4. The second-order valence-corrected chi connectivity index (χ2v) is 5.43. The van der Waals surface area contributed by atoms with E-state index in [2.05, 4.69) is 0 Å². The van der Waals surface area contributed by atoms with Gasteiger partial charge in [-0.25, -0.2) is 4.79 Å². The van der Waals surface area contributed by atoms with Gasteiger partial charge in [-0.1, -0.05) is 18.2 Å². The molecule has 6 nitrogen and oxygen atoms in total. The topological polar surface area (TPSA) is 80.6 Å². The largest absolute Gasteiger partial charge is 0.480 e. The maximum Gasteiger partial charge on any atom is 0.391 e. The summed E-state index contributed by atoms with van der Waals surface area (Å²) in [5, 5.41) is 11.4. The molecule has 0 bridgehead atoms. The van der Waals surface area contributed by atoms with Gasteiger partial charge in [-0.2, -0.15) is 13.2 Å². The van der Waals surface area contributed by atoms with Gasteiger partial charge in [0.1, 0.15) is 6.04 Å². The molecule has 1 unspecified atom stereocenters. The van der Waals surface area contributed by atoms with E-state index >= 15 is 0 Å². The predicted molar refractivity (Wildman–Crippen MR) is 83.4 cm³/mol. The van der Waals surface area contributed by atoms with Gasteiger partial charge in [-0.15, -0.1) is 0 Å². The molecule has 1 aromatic heterocycles.